The van der Waals surface area contributed by atoms with Gasteiger partial charge in [-0.3, -0.25) is 0 Å². The standard InChI is InChI=1S/C12H12O3/c1-9-12(2,15-11(13)14-9)8-10-6-4-3-5-7-10/h3-7H,1,8H2,2H3/t12-/m1/s1. The molecule has 0 amide bonds. The summed E-state index contributed by atoms with van der Waals surface area (Å²) in [5.74, 6) is 0.372. The van der Waals surface area contributed by atoms with Gasteiger partial charge in [0, 0.05) is 6.42 Å². The van der Waals surface area contributed by atoms with Gasteiger partial charge in [-0.1, -0.05) is 36.9 Å². The number of rotatable bonds is 2. The van der Waals surface area contributed by atoms with Gasteiger partial charge in [0.2, 0.25) is 0 Å². The number of cyclic esters (lactones) is 2. The zero-order valence-corrected chi connectivity index (χ0v) is 8.53. The van der Waals surface area contributed by atoms with Crippen LogP contribution in [0.25, 0.3) is 0 Å². The second-order valence-corrected chi connectivity index (χ2v) is 3.77. The highest BCUT2D eigenvalue weighted by molar-refractivity contribution is 5.66. The van der Waals surface area contributed by atoms with E-state index < -0.39 is 11.8 Å². The topological polar surface area (TPSA) is 35.5 Å². The highest BCUT2D eigenvalue weighted by Gasteiger charge is 2.42. The summed E-state index contributed by atoms with van der Waals surface area (Å²) in [6.45, 7) is 5.48. The van der Waals surface area contributed by atoms with Gasteiger partial charge in [-0.25, -0.2) is 4.79 Å². The van der Waals surface area contributed by atoms with Crippen molar-refractivity contribution in [2.75, 3.05) is 0 Å². The summed E-state index contributed by atoms with van der Waals surface area (Å²) in [4.78, 5) is 11.0. The molecular weight excluding hydrogens is 192 g/mol. The van der Waals surface area contributed by atoms with Gasteiger partial charge in [-0.05, 0) is 12.5 Å². The van der Waals surface area contributed by atoms with E-state index in [4.69, 9.17) is 9.47 Å². The van der Waals surface area contributed by atoms with Crippen molar-refractivity contribution in [3.63, 3.8) is 0 Å². The molecule has 0 N–H and O–H groups in total. The predicted octanol–water partition coefficient (Wildman–Crippen LogP) is 2.67. The number of benzene rings is 1. The summed E-state index contributed by atoms with van der Waals surface area (Å²) < 4.78 is 9.90. The molecule has 0 spiro atoms. The van der Waals surface area contributed by atoms with Crippen LogP contribution in [-0.2, 0) is 15.9 Å². The molecule has 1 aromatic carbocycles. The summed E-state index contributed by atoms with van der Waals surface area (Å²) in [6, 6.07) is 9.78. The third-order valence-corrected chi connectivity index (χ3v) is 2.49. The maximum atomic E-state index is 11.0. The Morgan fingerprint density at radius 2 is 2.00 bits per heavy atom. The second-order valence-electron chi connectivity index (χ2n) is 3.77. The quantitative estimate of drug-likeness (QED) is 0.695. The number of hydrogen-bond acceptors (Lipinski definition) is 3. The molecule has 1 saturated heterocycles. The molecule has 1 atom stereocenters. The van der Waals surface area contributed by atoms with Crippen molar-refractivity contribution in [1.82, 2.24) is 0 Å². The van der Waals surface area contributed by atoms with Gasteiger partial charge in [-0.15, -0.1) is 0 Å². The van der Waals surface area contributed by atoms with Crippen LogP contribution >= 0.6 is 0 Å². The van der Waals surface area contributed by atoms with Gasteiger partial charge in [0.25, 0.3) is 0 Å². The van der Waals surface area contributed by atoms with Crippen molar-refractivity contribution < 1.29 is 14.3 Å². The van der Waals surface area contributed by atoms with Crippen LogP contribution in [0.4, 0.5) is 4.79 Å². The van der Waals surface area contributed by atoms with Crippen LogP contribution in [0.15, 0.2) is 42.7 Å². The van der Waals surface area contributed by atoms with Crippen molar-refractivity contribution in [3.05, 3.63) is 48.2 Å². The molecule has 2 rings (SSSR count). The molecule has 0 bridgehead atoms. The van der Waals surface area contributed by atoms with Crippen molar-refractivity contribution in [3.8, 4) is 0 Å². The van der Waals surface area contributed by atoms with Crippen LogP contribution < -0.4 is 0 Å². The average molecular weight is 204 g/mol. The first-order valence-corrected chi connectivity index (χ1v) is 4.74. The van der Waals surface area contributed by atoms with E-state index in [1.807, 2.05) is 30.3 Å². The molecule has 15 heavy (non-hydrogen) atoms. The van der Waals surface area contributed by atoms with E-state index in [1.165, 1.54) is 0 Å². The van der Waals surface area contributed by atoms with E-state index in [2.05, 4.69) is 6.58 Å². The van der Waals surface area contributed by atoms with E-state index in [0.717, 1.165) is 5.56 Å². The Morgan fingerprint density at radius 1 is 1.33 bits per heavy atom. The third kappa shape index (κ3) is 1.86. The molecule has 0 aromatic heterocycles. The number of hydrogen-bond donors (Lipinski definition) is 0. The summed E-state index contributed by atoms with van der Waals surface area (Å²) >= 11 is 0. The van der Waals surface area contributed by atoms with Crippen LogP contribution in [0.2, 0.25) is 0 Å². The first-order valence-electron chi connectivity index (χ1n) is 4.74. The van der Waals surface area contributed by atoms with Gasteiger partial charge in [0.1, 0.15) is 5.76 Å². The molecule has 1 heterocycles. The second kappa shape index (κ2) is 3.42. The minimum atomic E-state index is -0.738. The Bertz CT molecular complexity index is 397. The molecule has 3 nitrogen and oxygen atoms in total. The molecule has 1 aliphatic heterocycles. The first-order chi connectivity index (χ1) is 7.10. The van der Waals surface area contributed by atoms with E-state index in [-0.39, 0.29) is 0 Å². The monoisotopic (exact) mass is 204 g/mol. The van der Waals surface area contributed by atoms with Crippen molar-refractivity contribution in [2.45, 2.75) is 18.9 Å². The van der Waals surface area contributed by atoms with Crippen LogP contribution in [0.1, 0.15) is 12.5 Å². The maximum absolute atomic E-state index is 11.0. The fourth-order valence-electron chi connectivity index (χ4n) is 1.59. The number of carbonyl (C=O) groups excluding carboxylic acids is 1. The van der Waals surface area contributed by atoms with Crippen molar-refractivity contribution in [2.24, 2.45) is 0 Å². The molecule has 0 unspecified atom stereocenters. The normalized spacial score (nSPS) is 24.9. The van der Waals surface area contributed by atoms with Crippen LogP contribution in [-0.4, -0.2) is 11.8 Å². The average Bonchev–Trinajstić information content (AvgIpc) is 2.41. The van der Waals surface area contributed by atoms with Gasteiger partial charge >= 0.3 is 6.16 Å². The first kappa shape index (κ1) is 9.77. The molecule has 3 heteroatoms. The number of carbonyl (C=O) groups is 1. The summed E-state index contributed by atoms with van der Waals surface area (Å²) in [5, 5.41) is 0. The van der Waals surface area contributed by atoms with E-state index in [9.17, 15) is 4.79 Å². The smallest absolute Gasteiger partial charge is 0.419 e. The largest absolute Gasteiger partial charge is 0.514 e. The van der Waals surface area contributed by atoms with Gasteiger partial charge in [-0.2, -0.15) is 0 Å². The lowest BCUT2D eigenvalue weighted by atomic mass is 9.95. The predicted molar refractivity (Wildman–Crippen MR) is 55.3 cm³/mol. The van der Waals surface area contributed by atoms with Gasteiger partial charge in [0.15, 0.2) is 5.60 Å². The van der Waals surface area contributed by atoms with Gasteiger partial charge in [0.05, 0.1) is 0 Å². The lowest BCUT2D eigenvalue weighted by Crippen LogP contribution is -2.28. The molecule has 0 radical (unpaired) electrons. The van der Waals surface area contributed by atoms with E-state index in [1.54, 1.807) is 6.92 Å². The molecule has 1 aromatic rings. The Labute approximate surface area is 88.3 Å². The highest BCUT2D eigenvalue weighted by Crippen LogP contribution is 2.32. The summed E-state index contributed by atoms with van der Waals surface area (Å²) in [6.07, 6.45) is -0.0864. The SMILES string of the molecule is C=C1OC(=O)O[C@]1(C)Cc1ccccc1. The Kier molecular flexibility index (Phi) is 2.23. The van der Waals surface area contributed by atoms with Crippen LogP contribution in [0.3, 0.4) is 0 Å². The number of ether oxygens (including phenoxy) is 2. The molecular formula is C12H12O3. The molecule has 78 valence electrons. The lowest BCUT2D eigenvalue weighted by molar-refractivity contribution is 0.0771. The summed E-state index contributed by atoms with van der Waals surface area (Å²) in [7, 11) is 0. The maximum Gasteiger partial charge on any atom is 0.514 e. The molecule has 1 aliphatic rings. The third-order valence-electron chi connectivity index (χ3n) is 2.49. The zero-order valence-electron chi connectivity index (χ0n) is 8.53. The minimum absolute atomic E-state index is 0.372. The Balaban J connectivity index is 2.18. The fraction of sp³-hybridized carbons (Fsp3) is 0.250. The molecule has 1 fully saturated rings. The Morgan fingerprint density at radius 3 is 2.53 bits per heavy atom. The highest BCUT2D eigenvalue weighted by atomic mass is 16.8. The van der Waals surface area contributed by atoms with Crippen molar-refractivity contribution in [1.29, 1.82) is 0 Å². The zero-order chi connectivity index (χ0) is 10.9. The van der Waals surface area contributed by atoms with Gasteiger partial charge < -0.3 is 9.47 Å². The minimum Gasteiger partial charge on any atom is -0.419 e. The van der Waals surface area contributed by atoms with Crippen LogP contribution in [0.5, 0.6) is 0 Å². The van der Waals surface area contributed by atoms with Crippen molar-refractivity contribution >= 4 is 6.16 Å². The Hall–Kier alpha value is -1.77. The van der Waals surface area contributed by atoms with E-state index >= 15 is 0 Å². The summed E-state index contributed by atoms with van der Waals surface area (Å²) in [5.41, 5.74) is 0.345. The fourth-order valence-corrected chi connectivity index (χ4v) is 1.59. The molecule has 0 aliphatic carbocycles. The van der Waals surface area contributed by atoms with Crippen LogP contribution in [0, 0.1) is 0 Å². The lowest BCUT2D eigenvalue weighted by Gasteiger charge is -2.20. The van der Waals surface area contributed by atoms with E-state index in [0.29, 0.717) is 12.2 Å². The molecule has 0 saturated carbocycles.